The van der Waals surface area contributed by atoms with E-state index in [1.54, 1.807) is 4.90 Å². The molecule has 0 aromatic rings. The minimum atomic E-state index is -1.08. The van der Waals surface area contributed by atoms with Crippen molar-refractivity contribution in [2.45, 2.75) is 12.8 Å². The lowest BCUT2D eigenvalue weighted by Crippen LogP contribution is -2.41. The maximum absolute atomic E-state index is 11.8. The number of carboxylic acid groups (broad SMARTS) is 2. The maximum atomic E-state index is 11.8. The van der Waals surface area contributed by atoms with Crippen molar-refractivity contribution in [3.63, 3.8) is 0 Å². The summed E-state index contributed by atoms with van der Waals surface area (Å²) in [5.41, 5.74) is 0. The molecule has 0 aliphatic carbocycles. The monoisotopic (exact) mass is 288 g/mol. The second-order valence-corrected chi connectivity index (χ2v) is 4.59. The molecule has 0 bridgehead atoms. The third-order valence-electron chi connectivity index (χ3n) is 2.95. The second kappa shape index (κ2) is 8.49. The normalized spacial score (nSPS) is 15.3. The van der Waals surface area contributed by atoms with Crippen molar-refractivity contribution in [3.05, 3.63) is 0 Å². The van der Waals surface area contributed by atoms with Gasteiger partial charge in [-0.2, -0.15) is 0 Å². The molecule has 0 saturated carbocycles. The molecule has 0 unspecified atom stereocenters. The van der Waals surface area contributed by atoms with Gasteiger partial charge in [-0.1, -0.05) is 0 Å². The van der Waals surface area contributed by atoms with Crippen LogP contribution < -0.4 is 0 Å². The van der Waals surface area contributed by atoms with Gasteiger partial charge in [-0.15, -0.1) is 0 Å². The van der Waals surface area contributed by atoms with Crippen LogP contribution in [0.3, 0.4) is 0 Å². The molecule has 1 rings (SSSR count). The molecule has 0 atom stereocenters. The van der Waals surface area contributed by atoms with E-state index < -0.39 is 11.9 Å². The van der Waals surface area contributed by atoms with Crippen LogP contribution in [0.15, 0.2) is 0 Å². The van der Waals surface area contributed by atoms with Gasteiger partial charge in [0, 0.05) is 19.5 Å². The van der Waals surface area contributed by atoms with E-state index in [2.05, 4.69) is 0 Å². The van der Waals surface area contributed by atoms with E-state index in [4.69, 9.17) is 14.9 Å². The van der Waals surface area contributed by atoms with Gasteiger partial charge in [-0.05, 0) is 13.0 Å². The number of hydrogen-bond donors (Lipinski definition) is 2. The fourth-order valence-corrected chi connectivity index (χ4v) is 2.02. The highest BCUT2D eigenvalue weighted by atomic mass is 16.5. The summed E-state index contributed by atoms with van der Waals surface area (Å²) in [5, 5.41) is 17.4. The van der Waals surface area contributed by atoms with Gasteiger partial charge in [0.15, 0.2) is 0 Å². The van der Waals surface area contributed by atoms with Gasteiger partial charge in [-0.25, -0.2) is 0 Å². The van der Waals surface area contributed by atoms with Crippen LogP contribution in [0, 0.1) is 0 Å². The Labute approximate surface area is 116 Å². The van der Waals surface area contributed by atoms with Gasteiger partial charge in [0.1, 0.15) is 0 Å². The van der Waals surface area contributed by atoms with Crippen LogP contribution in [0.2, 0.25) is 0 Å². The number of carbonyl (C=O) groups is 3. The Kier molecular flexibility index (Phi) is 6.96. The van der Waals surface area contributed by atoms with Crippen LogP contribution >= 0.6 is 0 Å². The molecule has 0 aromatic heterocycles. The smallest absolute Gasteiger partial charge is 0.317 e. The van der Waals surface area contributed by atoms with E-state index >= 15 is 0 Å². The highest BCUT2D eigenvalue weighted by Gasteiger charge is 2.18. The molecule has 1 heterocycles. The Hall–Kier alpha value is -1.67. The topological polar surface area (TPSA) is 107 Å². The van der Waals surface area contributed by atoms with Gasteiger partial charge >= 0.3 is 11.9 Å². The van der Waals surface area contributed by atoms with Crippen LogP contribution in [-0.2, 0) is 19.1 Å². The second-order valence-electron chi connectivity index (χ2n) is 4.59. The molecule has 1 aliphatic heterocycles. The Morgan fingerprint density at radius 2 is 1.60 bits per heavy atom. The molecule has 1 fully saturated rings. The molecule has 2 N–H and O–H groups in total. The van der Waals surface area contributed by atoms with Crippen LogP contribution in [0.4, 0.5) is 0 Å². The van der Waals surface area contributed by atoms with Crippen molar-refractivity contribution < 1.29 is 29.3 Å². The third-order valence-corrected chi connectivity index (χ3v) is 2.95. The maximum Gasteiger partial charge on any atom is 0.317 e. The standard InChI is InChI=1S/C12H20N2O6/c15-10(14-4-6-20-7-5-14)2-1-3-13(8-11(16)17)9-12(18)19/h1-9H2,(H,16,17)(H,18,19). The van der Waals surface area contributed by atoms with E-state index in [1.165, 1.54) is 4.90 Å². The lowest BCUT2D eigenvalue weighted by Gasteiger charge is -2.27. The van der Waals surface area contributed by atoms with E-state index in [0.29, 0.717) is 32.7 Å². The molecular weight excluding hydrogens is 268 g/mol. The van der Waals surface area contributed by atoms with Crippen molar-refractivity contribution in [1.29, 1.82) is 0 Å². The minimum absolute atomic E-state index is 0.00102. The zero-order valence-electron chi connectivity index (χ0n) is 11.3. The van der Waals surface area contributed by atoms with Crippen LogP contribution in [-0.4, -0.2) is 83.8 Å². The first kappa shape index (κ1) is 16.4. The molecule has 20 heavy (non-hydrogen) atoms. The molecule has 0 radical (unpaired) electrons. The summed E-state index contributed by atoms with van der Waals surface area (Å²) in [7, 11) is 0. The summed E-state index contributed by atoms with van der Waals surface area (Å²) in [5.74, 6) is -2.16. The van der Waals surface area contributed by atoms with Crippen LogP contribution in [0.1, 0.15) is 12.8 Å². The molecule has 1 saturated heterocycles. The zero-order chi connectivity index (χ0) is 15.0. The first-order valence-corrected chi connectivity index (χ1v) is 6.50. The fourth-order valence-electron chi connectivity index (χ4n) is 2.02. The van der Waals surface area contributed by atoms with Crippen molar-refractivity contribution >= 4 is 17.8 Å². The number of aliphatic carboxylic acids is 2. The molecule has 8 nitrogen and oxygen atoms in total. The quantitative estimate of drug-likeness (QED) is 0.595. The summed E-state index contributed by atoms with van der Waals surface area (Å²) in [4.78, 5) is 36.1. The number of morpholine rings is 1. The molecule has 8 heteroatoms. The molecule has 1 amide bonds. The molecule has 114 valence electrons. The number of carbonyl (C=O) groups excluding carboxylic acids is 1. The highest BCUT2D eigenvalue weighted by Crippen LogP contribution is 2.03. The van der Waals surface area contributed by atoms with Crippen molar-refractivity contribution in [1.82, 2.24) is 9.80 Å². The largest absolute Gasteiger partial charge is 0.480 e. The number of hydrogen-bond acceptors (Lipinski definition) is 5. The van der Waals surface area contributed by atoms with Gasteiger partial charge in [-0.3, -0.25) is 19.3 Å². The van der Waals surface area contributed by atoms with E-state index in [1.807, 2.05) is 0 Å². The number of ether oxygens (including phenoxy) is 1. The SMILES string of the molecule is O=C(O)CN(CCCC(=O)N1CCOCC1)CC(=O)O. The number of carboxylic acids is 2. The highest BCUT2D eigenvalue weighted by molar-refractivity contribution is 5.76. The fraction of sp³-hybridized carbons (Fsp3) is 0.750. The Balaban J connectivity index is 2.29. The molecule has 0 spiro atoms. The zero-order valence-corrected chi connectivity index (χ0v) is 11.3. The molecule has 0 aromatic carbocycles. The predicted octanol–water partition coefficient (Wildman–Crippen LogP) is -0.903. The van der Waals surface area contributed by atoms with E-state index in [0.717, 1.165) is 0 Å². The molecule has 1 aliphatic rings. The number of amides is 1. The minimum Gasteiger partial charge on any atom is -0.480 e. The first-order chi connectivity index (χ1) is 9.49. The van der Waals surface area contributed by atoms with Crippen LogP contribution in [0.25, 0.3) is 0 Å². The Bertz CT molecular complexity index is 338. The third kappa shape index (κ3) is 6.48. The summed E-state index contributed by atoms with van der Waals surface area (Å²) >= 11 is 0. The summed E-state index contributed by atoms with van der Waals surface area (Å²) < 4.78 is 5.15. The molecular formula is C12H20N2O6. The Morgan fingerprint density at radius 3 is 2.10 bits per heavy atom. The van der Waals surface area contributed by atoms with Gasteiger partial charge < -0.3 is 19.8 Å². The average molecular weight is 288 g/mol. The average Bonchev–Trinajstić information content (AvgIpc) is 2.38. The number of rotatable bonds is 8. The van der Waals surface area contributed by atoms with E-state index in [9.17, 15) is 14.4 Å². The Morgan fingerprint density at radius 1 is 1.05 bits per heavy atom. The van der Waals surface area contributed by atoms with Crippen molar-refractivity contribution in [3.8, 4) is 0 Å². The van der Waals surface area contributed by atoms with Gasteiger partial charge in [0.25, 0.3) is 0 Å². The first-order valence-electron chi connectivity index (χ1n) is 6.50. The van der Waals surface area contributed by atoms with E-state index in [-0.39, 0.29) is 32.0 Å². The lowest BCUT2D eigenvalue weighted by atomic mass is 10.2. The lowest BCUT2D eigenvalue weighted by molar-refractivity contribution is -0.141. The summed E-state index contributed by atoms with van der Waals surface area (Å²) in [6.07, 6.45) is 0.729. The van der Waals surface area contributed by atoms with Crippen molar-refractivity contribution in [2.24, 2.45) is 0 Å². The summed E-state index contributed by atoms with van der Waals surface area (Å²) in [6.45, 7) is 1.83. The predicted molar refractivity (Wildman–Crippen MR) is 68.3 cm³/mol. The summed E-state index contributed by atoms with van der Waals surface area (Å²) in [6, 6.07) is 0. The number of nitrogens with zero attached hydrogens (tertiary/aromatic N) is 2. The van der Waals surface area contributed by atoms with Crippen molar-refractivity contribution in [2.75, 3.05) is 45.9 Å². The van der Waals surface area contributed by atoms with Gasteiger partial charge in [0.2, 0.25) is 5.91 Å². The van der Waals surface area contributed by atoms with Gasteiger partial charge in [0.05, 0.1) is 26.3 Å². The van der Waals surface area contributed by atoms with Crippen LogP contribution in [0.5, 0.6) is 0 Å².